The third-order valence-electron chi connectivity index (χ3n) is 3.46. The maximum absolute atomic E-state index is 6.41. The first-order valence-corrected chi connectivity index (χ1v) is 9.61. The van der Waals surface area contributed by atoms with Crippen molar-refractivity contribution in [3.63, 3.8) is 0 Å². The molecule has 0 saturated carbocycles. The third-order valence-corrected chi connectivity index (χ3v) is 4.70. The van der Waals surface area contributed by atoms with Crippen LogP contribution >= 0.6 is 23.5 Å². The lowest BCUT2D eigenvalue weighted by molar-refractivity contribution is 0.567. The van der Waals surface area contributed by atoms with Gasteiger partial charge in [-0.3, -0.25) is 0 Å². The second-order valence-corrected chi connectivity index (χ2v) is 6.86. The van der Waals surface area contributed by atoms with Crippen molar-refractivity contribution in [1.29, 1.82) is 0 Å². The predicted octanol–water partition coefficient (Wildman–Crippen LogP) is 3.53. The highest BCUT2D eigenvalue weighted by Crippen LogP contribution is 2.24. The molecule has 4 heteroatoms. The summed E-state index contributed by atoms with van der Waals surface area (Å²) in [4.78, 5) is 0. The van der Waals surface area contributed by atoms with Crippen LogP contribution in [0.3, 0.4) is 0 Å². The van der Waals surface area contributed by atoms with E-state index >= 15 is 0 Å². The Hall–Kier alpha value is -0.940. The van der Waals surface area contributed by atoms with Crippen LogP contribution in [0.15, 0.2) is 48.5 Å². The van der Waals surface area contributed by atoms with E-state index < -0.39 is 5.66 Å². The van der Waals surface area contributed by atoms with E-state index in [1.165, 1.54) is 11.1 Å². The van der Waals surface area contributed by atoms with Crippen LogP contribution in [0.5, 0.6) is 0 Å². The van der Waals surface area contributed by atoms with Crippen LogP contribution in [0.1, 0.15) is 22.3 Å². The zero-order valence-corrected chi connectivity index (χ0v) is 14.1. The van der Waals surface area contributed by atoms with Crippen LogP contribution in [0.4, 0.5) is 0 Å². The van der Waals surface area contributed by atoms with Crippen LogP contribution < -0.4 is 11.5 Å². The molecular weight excluding hydrogens is 296 g/mol. The van der Waals surface area contributed by atoms with Crippen molar-refractivity contribution in [2.24, 2.45) is 11.5 Å². The summed E-state index contributed by atoms with van der Waals surface area (Å²) in [5.41, 5.74) is 16.3. The summed E-state index contributed by atoms with van der Waals surface area (Å²) >= 11 is 3.60. The number of rotatable bonds is 6. The summed E-state index contributed by atoms with van der Waals surface area (Å²) < 4.78 is 0. The van der Waals surface area contributed by atoms with E-state index in [4.69, 9.17) is 11.5 Å². The molecule has 0 radical (unpaired) electrons. The molecule has 0 saturated heterocycles. The number of thioether (sulfide) groups is 2. The maximum Gasteiger partial charge on any atom is 0.116 e. The van der Waals surface area contributed by atoms with Crippen molar-refractivity contribution < 1.29 is 0 Å². The molecule has 0 aliphatic carbocycles. The molecule has 0 atom stereocenters. The summed E-state index contributed by atoms with van der Waals surface area (Å²) in [5.74, 6) is 1.97. The Balaban J connectivity index is 2.29. The lowest BCUT2D eigenvalue weighted by atomic mass is 9.91. The average Bonchev–Trinajstić information content (AvgIpc) is 2.49. The Morgan fingerprint density at radius 2 is 1.43 bits per heavy atom. The van der Waals surface area contributed by atoms with Gasteiger partial charge in [0.15, 0.2) is 0 Å². The summed E-state index contributed by atoms with van der Waals surface area (Å²) in [7, 11) is 0. The molecule has 4 N–H and O–H groups in total. The molecule has 0 bridgehead atoms. The normalized spacial score (nSPS) is 11.6. The minimum absolute atomic E-state index is 0.939. The van der Waals surface area contributed by atoms with Gasteiger partial charge >= 0.3 is 0 Å². The van der Waals surface area contributed by atoms with E-state index in [0.29, 0.717) is 0 Å². The van der Waals surface area contributed by atoms with E-state index in [1.807, 2.05) is 36.0 Å². The number of hydrogen-bond donors (Lipinski definition) is 2. The van der Waals surface area contributed by atoms with Crippen LogP contribution in [0, 0.1) is 0 Å². The van der Waals surface area contributed by atoms with E-state index in [1.54, 1.807) is 11.8 Å². The lowest BCUT2D eigenvalue weighted by Gasteiger charge is -2.26. The largest absolute Gasteiger partial charge is 0.306 e. The predicted molar refractivity (Wildman–Crippen MR) is 96.5 cm³/mol. The zero-order valence-electron chi connectivity index (χ0n) is 12.5. The average molecular weight is 319 g/mol. The molecule has 2 aromatic rings. The molecule has 2 nitrogen and oxygen atoms in total. The van der Waals surface area contributed by atoms with Crippen molar-refractivity contribution in [3.05, 3.63) is 70.8 Å². The third kappa shape index (κ3) is 4.04. The standard InChI is InChI=1S/C17H22N2S2/c1-20-11-13-6-8-15(9-7-13)17(18,19)16-5-3-4-14(10-16)12-21-2/h3-10H,11-12,18-19H2,1-2H3. The van der Waals surface area contributed by atoms with Crippen LogP contribution in [0.25, 0.3) is 0 Å². The van der Waals surface area contributed by atoms with Crippen molar-refractivity contribution in [2.75, 3.05) is 12.5 Å². The highest BCUT2D eigenvalue weighted by Gasteiger charge is 2.24. The molecule has 2 rings (SSSR count). The summed E-state index contributed by atoms with van der Waals surface area (Å²) in [6, 6.07) is 16.5. The molecule has 0 aliphatic heterocycles. The molecule has 2 aromatic carbocycles. The van der Waals surface area contributed by atoms with Crippen LogP contribution in [-0.2, 0) is 17.2 Å². The zero-order chi connectivity index (χ0) is 15.3. The maximum atomic E-state index is 6.41. The Kier molecular flexibility index (Phi) is 5.76. The molecule has 0 spiro atoms. The fourth-order valence-corrected chi connectivity index (χ4v) is 3.33. The van der Waals surface area contributed by atoms with E-state index in [9.17, 15) is 0 Å². The molecular formula is C17H22N2S2. The van der Waals surface area contributed by atoms with Crippen molar-refractivity contribution in [1.82, 2.24) is 0 Å². The molecule has 112 valence electrons. The Morgan fingerprint density at radius 1 is 0.810 bits per heavy atom. The first-order valence-electron chi connectivity index (χ1n) is 6.82. The van der Waals surface area contributed by atoms with Gasteiger partial charge in [-0.15, -0.1) is 0 Å². The van der Waals surface area contributed by atoms with Gasteiger partial charge in [0.25, 0.3) is 0 Å². The number of hydrogen-bond acceptors (Lipinski definition) is 4. The highest BCUT2D eigenvalue weighted by atomic mass is 32.2. The quantitative estimate of drug-likeness (QED) is 0.800. The van der Waals surface area contributed by atoms with Gasteiger partial charge in [-0.2, -0.15) is 23.5 Å². The molecule has 21 heavy (non-hydrogen) atoms. The lowest BCUT2D eigenvalue weighted by Crippen LogP contribution is -2.47. The highest BCUT2D eigenvalue weighted by molar-refractivity contribution is 7.98. The van der Waals surface area contributed by atoms with Crippen molar-refractivity contribution >= 4 is 23.5 Å². The molecule has 0 fully saturated rings. The van der Waals surface area contributed by atoms with Gasteiger partial charge in [-0.1, -0.05) is 48.5 Å². The number of benzene rings is 2. The van der Waals surface area contributed by atoms with Gasteiger partial charge < -0.3 is 11.5 Å². The molecule has 0 unspecified atom stereocenters. The van der Waals surface area contributed by atoms with Crippen molar-refractivity contribution in [3.8, 4) is 0 Å². The van der Waals surface area contributed by atoms with Gasteiger partial charge in [0.1, 0.15) is 5.66 Å². The first-order chi connectivity index (χ1) is 10.1. The van der Waals surface area contributed by atoms with Gasteiger partial charge in [-0.05, 0) is 34.8 Å². The summed E-state index contributed by atoms with van der Waals surface area (Å²) in [6.07, 6.45) is 4.19. The minimum Gasteiger partial charge on any atom is -0.306 e. The monoisotopic (exact) mass is 318 g/mol. The second-order valence-electron chi connectivity index (χ2n) is 5.13. The van der Waals surface area contributed by atoms with Crippen molar-refractivity contribution in [2.45, 2.75) is 17.2 Å². The van der Waals surface area contributed by atoms with Crippen LogP contribution in [-0.4, -0.2) is 12.5 Å². The van der Waals surface area contributed by atoms with Gasteiger partial charge in [0.2, 0.25) is 0 Å². The minimum atomic E-state index is -0.952. The molecule has 0 aliphatic rings. The smallest absolute Gasteiger partial charge is 0.116 e. The fourth-order valence-electron chi connectivity index (χ4n) is 2.30. The van der Waals surface area contributed by atoms with Gasteiger partial charge in [0.05, 0.1) is 0 Å². The summed E-state index contributed by atoms with van der Waals surface area (Å²) in [6.45, 7) is 0. The SMILES string of the molecule is CSCc1ccc(C(N)(N)c2cccc(CSC)c2)cc1. The van der Waals surface area contributed by atoms with E-state index in [2.05, 4.69) is 36.8 Å². The molecule has 0 aromatic heterocycles. The fraction of sp³-hybridized carbons (Fsp3) is 0.294. The Bertz CT molecular complexity index is 580. The molecule has 0 heterocycles. The van der Waals surface area contributed by atoms with Gasteiger partial charge in [0, 0.05) is 11.5 Å². The second kappa shape index (κ2) is 7.36. The first kappa shape index (κ1) is 16.4. The van der Waals surface area contributed by atoms with E-state index in [-0.39, 0.29) is 0 Å². The summed E-state index contributed by atoms with van der Waals surface area (Å²) in [5, 5.41) is 0. The van der Waals surface area contributed by atoms with Crippen LogP contribution in [0.2, 0.25) is 0 Å². The van der Waals surface area contributed by atoms with E-state index in [0.717, 1.165) is 22.6 Å². The topological polar surface area (TPSA) is 52.0 Å². The molecule has 0 amide bonds. The Labute approximate surface area is 135 Å². The number of nitrogens with two attached hydrogens (primary N) is 2. The Morgan fingerprint density at radius 3 is 2.05 bits per heavy atom. The van der Waals surface area contributed by atoms with Gasteiger partial charge in [-0.25, -0.2) is 0 Å².